The Morgan fingerprint density at radius 1 is 1.21 bits per heavy atom. The molecule has 0 radical (unpaired) electrons. The van der Waals surface area contributed by atoms with E-state index in [0.717, 1.165) is 5.56 Å². The second kappa shape index (κ2) is 11.8. The summed E-state index contributed by atoms with van der Waals surface area (Å²) in [5.74, 6) is 0. The fraction of sp³-hybridized carbons (Fsp3) is 0.650. The Hall–Kier alpha value is -1.28. The average Bonchev–Trinajstić information content (AvgIpc) is 2.61. The first kappa shape index (κ1) is 25.8. The van der Waals surface area contributed by atoms with Gasteiger partial charge in [0, 0.05) is 13.5 Å². The molecule has 0 aliphatic rings. The van der Waals surface area contributed by atoms with Crippen molar-refractivity contribution >= 4 is 14.0 Å². The number of hydrogen-bond donors (Lipinski definition) is 3. The Labute approximate surface area is 174 Å². The molecule has 166 valence electrons. The first-order chi connectivity index (χ1) is 13.4. The zero-order valence-electron chi connectivity index (χ0n) is 18.1. The van der Waals surface area contributed by atoms with E-state index >= 15 is 0 Å². The topological polar surface area (TPSA) is 106 Å². The van der Waals surface area contributed by atoms with Crippen molar-refractivity contribution in [3.63, 3.8) is 0 Å². The van der Waals surface area contributed by atoms with Crippen LogP contribution in [0.25, 0.3) is 0 Å². The SMILES string of the molecule is COC(O)[C@H](CC[P+](O)(OC(C)C)OC(C)(C)C)NC(=O)OCc1ccccc1. The van der Waals surface area contributed by atoms with Gasteiger partial charge in [-0.25, -0.2) is 4.79 Å². The maximum Gasteiger partial charge on any atom is 0.409 e. The highest BCUT2D eigenvalue weighted by molar-refractivity contribution is 7.60. The van der Waals surface area contributed by atoms with Crippen molar-refractivity contribution in [2.24, 2.45) is 0 Å². The summed E-state index contributed by atoms with van der Waals surface area (Å²) in [6.45, 7) is 9.17. The molecule has 9 heteroatoms. The summed E-state index contributed by atoms with van der Waals surface area (Å²) in [5, 5.41) is 12.7. The van der Waals surface area contributed by atoms with Crippen LogP contribution in [0.2, 0.25) is 0 Å². The van der Waals surface area contributed by atoms with Crippen LogP contribution in [-0.4, -0.2) is 53.4 Å². The molecular formula is C20H35NO7P+. The molecule has 0 bridgehead atoms. The molecule has 0 saturated heterocycles. The molecule has 2 unspecified atom stereocenters. The molecule has 0 aliphatic heterocycles. The number of methoxy groups -OCH3 is 1. The lowest BCUT2D eigenvalue weighted by molar-refractivity contribution is -0.0966. The first-order valence-electron chi connectivity index (χ1n) is 9.62. The van der Waals surface area contributed by atoms with E-state index in [1.54, 1.807) is 13.8 Å². The smallest absolute Gasteiger partial charge is 0.409 e. The lowest BCUT2D eigenvalue weighted by Gasteiger charge is -2.28. The molecule has 1 amide bonds. The van der Waals surface area contributed by atoms with Gasteiger partial charge in [0.15, 0.2) is 6.29 Å². The summed E-state index contributed by atoms with van der Waals surface area (Å²) in [6.07, 6.45) is -1.94. The third-order valence-corrected chi connectivity index (χ3v) is 6.02. The van der Waals surface area contributed by atoms with Gasteiger partial charge in [-0.15, -0.1) is 0 Å². The van der Waals surface area contributed by atoms with Gasteiger partial charge in [-0.3, -0.25) is 0 Å². The second-order valence-corrected chi connectivity index (χ2v) is 10.1. The Balaban J connectivity index is 2.72. The summed E-state index contributed by atoms with van der Waals surface area (Å²) < 4.78 is 21.6. The fourth-order valence-corrected chi connectivity index (χ4v) is 4.90. The molecule has 1 aromatic rings. The molecule has 0 heterocycles. The number of amides is 1. The van der Waals surface area contributed by atoms with Crippen LogP contribution in [0.4, 0.5) is 4.79 Å². The predicted octanol–water partition coefficient (Wildman–Crippen LogP) is 3.63. The quantitative estimate of drug-likeness (QED) is 0.362. The molecule has 8 nitrogen and oxygen atoms in total. The van der Waals surface area contributed by atoms with Crippen molar-refractivity contribution in [1.82, 2.24) is 5.32 Å². The summed E-state index contributed by atoms with van der Waals surface area (Å²) in [5.41, 5.74) is 0.227. The Morgan fingerprint density at radius 3 is 2.34 bits per heavy atom. The van der Waals surface area contributed by atoms with E-state index in [1.165, 1.54) is 7.11 Å². The first-order valence-corrected chi connectivity index (χ1v) is 11.4. The number of hydrogen-bond acceptors (Lipinski definition) is 7. The second-order valence-electron chi connectivity index (χ2n) is 7.95. The van der Waals surface area contributed by atoms with E-state index in [9.17, 15) is 14.8 Å². The van der Waals surface area contributed by atoms with Gasteiger partial charge in [0.1, 0.15) is 24.5 Å². The van der Waals surface area contributed by atoms with Crippen molar-refractivity contribution in [2.75, 3.05) is 13.3 Å². The minimum atomic E-state index is -3.22. The summed E-state index contributed by atoms with van der Waals surface area (Å²) in [4.78, 5) is 23.1. The van der Waals surface area contributed by atoms with E-state index in [-0.39, 0.29) is 25.3 Å². The molecule has 0 saturated carbocycles. The molecule has 1 aromatic carbocycles. The zero-order valence-corrected chi connectivity index (χ0v) is 19.0. The summed E-state index contributed by atoms with van der Waals surface area (Å²) in [7, 11) is -1.89. The number of alkyl carbamates (subject to hydrolysis) is 1. The number of benzene rings is 1. The Morgan fingerprint density at radius 2 is 1.83 bits per heavy atom. The lowest BCUT2D eigenvalue weighted by atomic mass is 10.2. The predicted molar refractivity (Wildman–Crippen MR) is 112 cm³/mol. The number of carbonyl (C=O) groups is 1. The van der Waals surface area contributed by atoms with Gasteiger partial charge in [0.25, 0.3) is 0 Å². The molecule has 3 atom stereocenters. The molecular weight excluding hydrogens is 397 g/mol. The van der Waals surface area contributed by atoms with Crippen molar-refractivity contribution in [1.29, 1.82) is 0 Å². The van der Waals surface area contributed by atoms with Gasteiger partial charge in [-0.1, -0.05) is 30.3 Å². The van der Waals surface area contributed by atoms with Gasteiger partial charge in [-0.2, -0.15) is 13.9 Å². The molecule has 0 fully saturated rings. The van der Waals surface area contributed by atoms with Crippen LogP contribution in [0.1, 0.15) is 46.6 Å². The number of carbonyl (C=O) groups excluding carboxylic acids is 1. The molecule has 0 spiro atoms. The van der Waals surface area contributed by atoms with Gasteiger partial charge >= 0.3 is 14.0 Å². The highest BCUT2D eigenvalue weighted by Crippen LogP contribution is 2.60. The van der Waals surface area contributed by atoms with Crippen LogP contribution in [0.3, 0.4) is 0 Å². The van der Waals surface area contributed by atoms with E-state index in [0.29, 0.717) is 0 Å². The van der Waals surface area contributed by atoms with Crippen LogP contribution >= 0.6 is 7.94 Å². The van der Waals surface area contributed by atoms with E-state index < -0.39 is 32.0 Å². The summed E-state index contributed by atoms with van der Waals surface area (Å²) in [6, 6.07) is 8.44. The third-order valence-electron chi connectivity index (χ3n) is 3.62. The van der Waals surface area contributed by atoms with Gasteiger partial charge in [-0.05, 0) is 40.2 Å². The zero-order chi connectivity index (χ0) is 22.1. The van der Waals surface area contributed by atoms with E-state index in [4.69, 9.17) is 18.5 Å². The normalized spacial score (nSPS) is 16.2. The number of aliphatic hydroxyl groups excluding tert-OH is 1. The monoisotopic (exact) mass is 432 g/mol. The van der Waals surface area contributed by atoms with Crippen LogP contribution in [-0.2, 0) is 25.1 Å². The Bertz CT molecular complexity index is 609. The van der Waals surface area contributed by atoms with Crippen molar-refractivity contribution < 1.29 is 33.3 Å². The molecule has 0 aromatic heterocycles. The van der Waals surface area contributed by atoms with Crippen molar-refractivity contribution in [3.8, 4) is 0 Å². The van der Waals surface area contributed by atoms with E-state index in [2.05, 4.69) is 5.32 Å². The minimum Gasteiger partial charge on any atom is -0.445 e. The van der Waals surface area contributed by atoms with E-state index in [1.807, 2.05) is 51.1 Å². The largest absolute Gasteiger partial charge is 0.445 e. The highest BCUT2D eigenvalue weighted by atomic mass is 31.2. The minimum absolute atomic E-state index is 0.100. The maximum absolute atomic E-state index is 12.2. The van der Waals surface area contributed by atoms with Crippen LogP contribution in [0.15, 0.2) is 30.3 Å². The number of rotatable bonds is 11. The number of nitrogens with one attached hydrogen (secondary N) is 1. The van der Waals surface area contributed by atoms with Crippen LogP contribution in [0, 0.1) is 0 Å². The van der Waals surface area contributed by atoms with Gasteiger partial charge in [0.2, 0.25) is 0 Å². The standard InChI is InChI=1S/C20H34NO7P/c1-15(2)27-29(24,28-20(3,4)5)13-12-17(18(22)25-6)21-19(23)26-14-16-10-8-7-9-11-16/h7-11,15,17-18,22,24H,12-14H2,1-6H3/p+1/t17-,18?,29?/m0/s1. The molecule has 1 rings (SSSR count). The average molecular weight is 432 g/mol. The maximum atomic E-state index is 12.2. The van der Waals surface area contributed by atoms with Gasteiger partial charge < -0.3 is 19.9 Å². The van der Waals surface area contributed by atoms with Crippen molar-refractivity contribution in [3.05, 3.63) is 35.9 Å². The molecule has 0 aliphatic carbocycles. The Kier molecular flexibility index (Phi) is 10.5. The van der Waals surface area contributed by atoms with Crippen molar-refractivity contribution in [2.45, 2.75) is 71.7 Å². The van der Waals surface area contributed by atoms with Gasteiger partial charge in [0.05, 0.1) is 6.04 Å². The lowest BCUT2D eigenvalue weighted by Crippen LogP contribution is -2.45. The van der Waals surface area contributed by atoms with Crippen LogP contribution in [0.5, 0.6) is 0 Å². The third kappa shape index (κ3) is 10.9. The molecule has 29 heavy (non-hydrogen) atoms. The number of aliphatic hydroxyl groups is 1. The fourth-order valence-electron chi connectivity index (χ4n) is 2.55. The van der Waals surface area contributed by atoms with Crippen LogP contribution < -0.4 is 5.32 Å². The molecule has 3 N–H and O–H groups in total. The highest BCUT2D eigenvalue weighted by Gasteiger charge is 2.46. The summed E-state index contributed by atoms with van der Waals surface area (Å²) >= 11 is 0. The number of ether oxygens (including phenoxy) is 2.